The van der Waals surface area contributed by atoms with E-state index in [9.17, 15) is 4.79 Å². The van der Waals surface area contributed by atoms with Crippen molar-refractivity contribution in [3.05, 3.63) is 35.9 Å². The van der Waals surface area contributed by atoms with Gasteiger partial charge >= 0.3 is 0 Å². The SMILES string of the molecule is CC(CN(C)Cc1ccccc1)NC(=O)CC1CCNCC1.Cl. The van der Waals surface area contributed by atoms with Crippen molar-refractivity contribution in [1.82, 2.24) is 15.5 Å². The molecule has 1 unspecified atom stereocenters. The van der Waals surface area contributed by atoms with Crippen molar-refractivity contribution in [3.8, 4) is 0 Å². The number of hydrogen-bond donors (Lipinski definition) is 2. The van der Waals surface area contributed by atoms with Gasteiger partial charge in [-0.1, -0.05) is 30.3 Å². The van der Waals surface area contributed by atoms with Crippen molar-refractivity contribution < 1.29 is 4.79 Å². The van der Waals surface area contributed by atoms with E-state index in [1.54, 1.807) is 0 Å². The number of rotatable bonds is 7. The maximum atomic E-state index is 12.1. The fraction of sp³-hybridized carbons (Fsp3) is 0.611. The molecule has 1 saturated heterocycles. The molecule has 5 heteroatoms. The van der Waals surface area contributed by atoms with Crippen molar-refractivity contribution in [1.29, 1.82) is 0 Å². The average molecular weight is 340 g/mol. The van der Waals surface area contributed by atoms with Gasteiger partial charge in [0.15, 0.2) is 0 Å². The third-order valence-electron chi connectivity index (χ3n) is 4.22. The predicted molar refractivity (Wildman–Crippen MR) is 97.8 cm³/mol. The van der Waals surface area contributed by atoms with Crippen LogP contribution in [0.5, 0.6) is 0 Å². The molecule has 0 radical (unpaired) electrons. The molecule has 1 aromatic carbocycles. The number of likely N-dealkylation sites (N-methyl/N-ethyl adjacent to an activating group) is 1. The lowest BCUT2D eigenvalue weighted by Gasteiger charge is -2.25. The Balaban J connectivity index is 0.00000264. The van der Waals surface area contributed by atoms with Gasteiger partial charge in [-0.25, -0.2) is 0 Å². The lowest BCUT2D eigenvalue weighted by molar-refractivity contribution is -0.122. The van der Waals surface area contributed by atoms with Gasteiger partial charge in [0.1, 0.15) is 0 Å². The summed E-state index contributed by atoms with van der Waals surface area (Å²) in [6.07, 6.45) is 2.92. The number of hydrogen-bond acceptors (Lipinski definition) is 3. The highest BCUT2D eigenvalue weighted by atomic mass is 35.5. The third-order valence-corrected chi connectivity index (χ3v) is 4.22. The number of nitrogens with one attached hydrogen (secondary N) is 2. The molecule has 1 amide bonds. The van der Waals surface area contributed by atoms with E-state index in [2.05, 4.69) is 53.8 Å². The summed E-state index contributed by atoms with van der Waals surface area (Å²) in [6, 6.07) is 10.6. The Labute approximate surface area is 146 Å². The minimum Gasteiger partial charge on any atom is -0.352 e. The zero-order chi connectivity index (χ0) is 15.8. The van der Waals surface area contributed by atoms with E-state index in [-0.39, 0.29) is 24.4 Å². The van der Waals surface area contributed by atoms with E-state index in [0.29, 0.717) is 12.3 Å². The second kappa shape index (κ2) is 10.6. The first-order chi connectivity index (χ1) is 10.6. The molecule has 1 aromatic rings. The van der Waals surface area contributed by atoms with Crippen LogP contribution < -0.4 is 10.6 Å². The molecule has 1 fully saturated rings. The normalized spacial score (nSPS) is 16.7. The number of benzene rings is 1. The summed E-state index contributed by atoms with van der Waals surface area (Å²) in [5.74, 6) is 0.753. The second-order valence-electron chi connectivity index (χ2n) is 6.55. The van der Waals surface area contributed by atoms with Gasteiger partial charge < -0.3 is 15.5 Å². The number of carbonyl (C=O) groups excluding carboxylic acids is 1. The van der Waals surface area contributed by atoms with Crippen LogP contribution in [0.4, 0.5) is 0 Å². The van der Waals surface area contributed by atoms with Gasteiger partial charge in [-0.3, -0.25) is 4.79 Å². The number of nitrogens with zero attached hydrogens (tertiary/aromatic N) is 1. The molecule has 1 aliphatic rings. The Morgan fingerprint density at radius 1 is 1.30 bits per heavy atom. The summed E-state index contributed by atoms with van der Waals surface area (Å²) in [6.45, 7) is 5.96. The zero-order valence-electron chi connectivity index (χ0n) is 14.3. The summed E-state index contributed by atoms with van der Waals surface area (Å²) < 4.78 is 0. The fourth-order valence-electron chi connectivity index (χ4n) is 3.15. The van der Waals surface area contributed by atoms with Gasteiger partial charge in [0.2, 0.25) is 5.91 Å². The maximum Gasteiger partial charge on any atom is 0.220 e. The third kappa shape index (κ3) is 7.82. The van der Waals surface area contributed by atoms with Gasteiger partial charge in [0.25, 0.3) is 0 Å². The minimum absolute atomic E-state index is 0. The van der Waals surface area contributed by atoms with Crippen LogP contribution in [-0.2, 0) is 11.3 Å². The van der Waals surface area contributed by atoms with Crippen LogP contribution in [0.1, 0.15) is 31.7 Å². The van der Waals surface area contributed by atoms with Crippen molar-refractivity contribution in [2.24, 2.45) is 5.92 Å². The summed E-state index contributed by atoms with van der Waals surface area (Å²) in [5.41, 5.74) is 1.30. The topological polar surface area (TPSA) is 44.4 Å². The van der Waals surface area contributed by atoms with Crippen LogP contribution in [0.25, 0.3) is 0 Å². The standard InChI is InChI=1S/C18H29N3O.ClH/c1-15(13-21(2)14-17-6-4-3-5-7-17)20-18(22)12-16-8-10-19-11-9-16;/h3-7,15-16,19H,8-14H2,1-2H3,(H,20,22);1H. The van der Waals surface area contributed by atoms with Gasteiger partial charge in [0.05, 0.1) is 0 Å². The van der Waals surface area contributed by atoms with Crippen LogP contribution in [0, 0.1) is 5.92 Å². The Hall–Kier alpha value is -1.10. The van der Waals surface area contributed by atoms with Gasteiger partial charge in [-0.05, 0) is 51.4 Å². The minimum atomic E-state index is 0. The molecule has 2 N–H and O–H groups in total. The smallest absolute Gasteiger partial charge is 0.220 e. The summed E-state index contributed by atoms with van der Waals surface area (Å²) in [4.78, 5) is 14.4. The lowest BCUT2D eigenvalue weighted by Crippen LogP contribution is -2.41. The molecule has 1 atom stereocenters. The number of halogens is 1. The zero-order valence-corrected chi connectivity index (χ0v) is 15.1. The second-order valence-corrected chi connectivity index (χ2v) is 6.55. The molecule has 4 nitrogen and oxygen atoms in total. The first kappa shape index (κ1) is 19.9. The Kier molecular flexibility index (Phi) is 9.22. The van der Waals surface area contributed by atoms with E-state index in [0.717, 1.165) is 39.0 Å². The molecule has 130 valence electrons. The van der Waals surface area contributed by atoms with Crippen molar-refractivity contribution in [3.63, 3.8) is 0 Å². The molecule has 0 aromatic heterocycles. The van der Waals surface area contributed by atoms with Crippen molar-refractivity contribution >= 4 is 18.3 Å². The van der Waals surface area contributed by atoms with Gasteiger partial charge in [-0.15, -0.1) is 12.4 Å². The molecule has 0 saturated carbocycles. The van der Waals surface area contributed by atoms with Crippen LogP contribution in [0.2, 0.25) is 0 Å². The van der Waals surface area contributed by atoms with Crippen molar-refractivity contribution in [2.75, 3.05) is 26.7 Å². The van der Waals surface area contributed by atoms with E-state index in [4.69, 9.17) is 0 Å². The average Bonchev–Trinajstić information content (AvgIpc) is 2.48. The number of piperidine rings is 1. The van der Waals surface area contributed by atoms with Gasteiger partial charge in [0, 0.05) is 25.6 Å². The highest BCUT2D eigenvalue weighted by Gasteiger charge is 2.18. The number of amides is 1. The molecular weight excluding hydrogens is 310 g/mol. The Morgan fingerprint density at radius 2 is 1.96 bits per heavy atom. The quantitative estimate of drug-likeness (QED) is 0.802. The molecule has 23 heavy (non-hydrogen) atoms. The molecule has 0 bridgehead atoms. The van der Waals surface area contributed by atoms with E-state index >= 15 is 0 Å². The monoisotopic (exact) mass is 339 g/mol. The molecule has 1 heterocycles. The van der Waals surface area contributed by atoms with Crippen LogP contribution in [0.15, 0.2) is 30.3 Å². The highest BCUT2D eigenvalue weighted by Crippen LogP contribution is 2.15. The lowest BCUT2D eigenvalue weighted by atomic mass is 9.94. The molecule has 0 spiro atoms. The van der Waals surface area contributed by atoms with Crippen LogP contribution in [-0.4, -0.2) is 43.5 Å². The summed E-state index contributed by atoms with van der Waals surface area (Å²) >= 11 is 0. The summed E-state index contributed by atoms with van der Waals surface area (Å²) in [7, 11) is 2.10. The largest absolute Gasteiger partial charge is 0.352 e. The molecule has 1 aliphatic heterocycles. The maximum absolute atomic E-state index is 12.1. The van der Waals surface area contributed by atoms with E-state index in [1.807, 2.05) is 6.07 Å². The van der Waals surface area contributed by atoms with Crippen LogP contribution >= 0.6 is 12.4 Å². The van der Waals surface area contributed by atoms with Crippen molar-refractivity contribution in [2.45, 2.75) is 38.8 Å². The fourth-order valence-corrected chi connectivity index (χ4v) is 3.15. The number of carbonyl (C=O) groups is 1. The molecule has 2 rings (SSSR count). The Morgan fingerprint density at radius 3 is 2.61 bits per heavy atom. The summed E-state index contributed by atoms with van der Waals surface area (Å²) in [5, 5.41) is 6.48. The Bertz CT molecular complexity index is 449. The predicted octanol–water partition coefficient (Wildman–Crippen LogP) is 2.43. The van der Waals surface area contributed by atoms with Crippen LogP contribution in [0.3, 0.4) is 0 Å². The first-order valence-electron chi connectivity index (χ1n) is 8.36. The first-order valence-corrected chi connectivity index (χ1v) is 8.36. The van der Waals surface area contributed by atoms with E-state index in [1.165, 1.54) is 5.56 Å². The van der Waals surface area contributed by atoms with Gasteiger partial charge in [-0.2, -0.15) is 0 Å². The molecule has 0 aliphatic carbocycles. The van der Waals surface area contributed by atoms with E-state index < -0.39 is 0 Å². The molecular formula is C18H30ClN3O. The highest BCUT2D eigenvalue weighted by molar-refractivity contribution is 5.85.